The third-order valence-electron chi connectivity index (χ3n) is 3.46. The van der Waals surface area contributed by atoms with Gasteiger partial charge in [0.15, 0.2) is 0 Å². The minimum absolute atomic E-state index is 0.0307. The summed E-state index contributed by atoms with van der Waals surface area (Å²) < 4.78 is 5.74. The molecule has 0 aromatic carbocycles. The second-order valence-corrected chi connectivity index (χ2v) is 6.50. The van der Waals surface area contributed by atoms with E-state index in [4.69, 9.17) is 16.3 Å². The zero-order chi connectivity index (χ0) is 15.5. The molecule has 3 rings (SSSR count). The van der Waals surface area contributed by atoms with E-state index in [0.29, 0.717) is 47.2 Å². The molecule has 2 aromatic heterocycles. The summed E-state index contributed by atoms with van der Waals surface area (Å²) in [5.74, 6) is 1.20. The number of aromatic nitrogens is 2. The number of hydrogen-bond acceptors (Lipinski definition) is 6. The summed E-state index contributed by atoms with van der Waals surface area (Å²) in [5.41, 5.74) is 0. The van der Waals surface area contributed by atoms with Crippen LogP contribution in [0.2, 0.25) is 4.34 Å². The van der Waals surface area contributed by atoms with E-state index in [1.807, 2.05) is 9.80 Å². The molecule has 3 heterocycles. The monoisotopic (exact) mass is 338 g/mol. The predicted molar refractivity (Wildman–Crippen MR) is 86.0 cm³/mol. The maximum absolute atomic E-state index is 12.4. The number of carbonyl (C=O) groups excluding carboxylic acids is 1. The first-order valence-electron chi connectivity index (χ1n) is 6.84. The van der Waals surface area contributed by atoms with Crippen molar-refractivity contribution >= 4 is 34.8 Å². The number of anilines is 1. The zero-order valence-corrected chi connectivity index (χ0v) is 13.6. The van der Waals surface area contributed by atoms with E-state index in [1.165, 1.54) is 11.3 Å². The van der Waals surface area contributed by atoms with Gasteiger partial charge in [0.1, 0.15) is 0 Å². The van der Waals surface area contributed by atoms with Crippen LogP contribution in [-0.4, -0.2) is 54.1 Å². The van der Waals surface area contributed by atoms with E-state index in [2.05, 4.69) is 9.97 Å². The third-order valence-corrected chi connectivity index (χ3v) is 4.68. The van der Waals surface area contributed by atoms with Crippen LogP contribution >= 0.6 is 22.9 Å². The molecule has 6 nitrogen and oxygen atoms in total. The number of halogens is 1. The molecule has 0 aliphatic carbocycles. The van der Waals surface area contributed by atoms with Crippen molar-refractivity contribution in [3.63, 3.8) is 0 Å². The van der Waals surface area contributed by atoms with Crippen molar-refractivity contribution in [2.24, 2.45) is 0 Å². The second kappa shape index (κ2) is 6.50. The molecule has 0 saturated carbocycles. The van der Waals surface area contributed by atoms with Crippen molar-refractivity contribution in [1.82, 2.24) is 14.9 Å². The van der Waals surface area contributed by atoms with Gasteiger partial charge in [0, 0.05) is 38.4 Å². The fourth-order valence-corrected chi connectivity index (χ4v) is 3.30. The van der Waals surface area contributed by atoms with Gasteiger partial charge >= 0.3 is 0 Å². The molecular weight excluding hydrogens is 324 g/mol. The van der Waals surface area contributed by atoms with Crippen LogP contribution in [0.3, 0.4) is 0 Å². The van der Waals surface area contributed by atoms with Gasteiger partial charge in [0.2, 0.25) is 11.8 Å². The smallest absolute Gasteiger partial charge is 0.264 e. The van der Waals surface area contributed by atoms with E-state index in [9.17, 15) is 4.79 Å². The molecule has 0 atom stereocenters. The highest BCUT2D eigenvalue weighted by Gasteiger charge is 2.24. The molecule has 1 amide bonds. The number of nitrogens with zero attached hydrogens (tertiary/aromatic N) is 4. The lowest BCUT2D eigenvalue weighted by Crippen LogP contribution is -2.49. The fraction of sp³-hybridized carbons (Fsp3) is 0.357. The van der Waals surface area contributed by atoms with Crippen LogP contribution in [0.15, 0.2) is 24.4 Å². The maximum Gasteiger partial charge on any atom is 0.264 e. The highest BCUT2D eigenvalue weighted by Crippen LogP contribution is 2.23. The minimum Gasteiger partial charge on any atom is -0.481 e. The Labute approximate surface area is 137 Å². The van der Waals surface area contributed by atoms with Gasteiger partial charge in [-0.1, -0.05) is 11.6 Å². The van der Waals surface area contributed by atoms with Gasteiger partial charge in [-0.3, -0.25) is 4.79 Å². The molecule has 1 aliphatic rings. The molecule has 1 aliphatic heterocycles. The number of rotatable bonds is 3. The zero-order valence-electron chi connectivity index (χ0n) is 12.0. The molecule has 0 spiro atoms. The Bertz CT molecular complexity index is 670. The Morgan fingerprint density at radius 3 is 2.68 bits per heavy atom. The normalized spacial score (nSPS) is 15.0. The fourth-order valence-electron chi connectivity index (χ4n) is 2.29. The highest BCUT2D eigenvalue weighted by molar-refractivity contribution is 7.17. The van der Waals surface area contributed by atoms with Crippen molar-refractivity contribution in [2.75, 3.05) is 38.2 Å². The van der Waals surface area contributed by atoms with Crippen molar-refractivity contribution in [1.29, 1.82) is 0 Å². The number of piperazine rings is 1. The van der Waals surface area contributed by atoms with Gasteiger partial charge in [-0.25, -0.2) is 4.98 Å². The average molecular weight is 339 g/mol. The Balaban J connectivity index is 1.63. The first-order valence-corrected chi connectivity index (χ1v) is 8.03. The Hall–Kier alpha value is -1.86. The van der Waals surface area contributed by atoms with Crippen molar-refractivity contribution < 1.29 is 9.53 Å². The van der Waals surface area contributed by atoms with Gasteiger partial charge in [0.25, 0.3) is 5.91 Å². The van der Waals surface area contributed by atoms with Crippen LogP contribution in [0.25, 0.3) is 0 Å². The standard InChI is InChI=1S/C14H15ClN4O2S/c1-21-12-4-5-16-14(17-12)19-8-6-18(7-9-19)13(20)10-2-3-11(15)22-10/h2-5H,6-9H2,1H3. The molecule has 22 heavy (non-hydrogen) atoms. The summed E-state index contributed by atoms with van der Waals surface area (Å²) in [6, 6.07) is 5.23. The lowest BCUT2D eigenvalue weighted by molar-refractivity contribution is 0.0751. The molecule has 8 heteroatoms. The molecule has 2 aromatic rings. The SMILES string of the molecule is COc1ccnc(N2CCN(C(=O)c3ccc(Cl)s3)CC2)n1. The van der Waals surface area contributed by atoms with Crippen LogP contribution in [0, 0.1) is 0 Å². The molecular formula is C14H15ClN4O2S. The van der Waals surface area contributed by atoms with Crippen LogP contribution in [0.1, 0.15) is 9.67 Å². The molecule has 0 bridgehead atoms. The molecule has 116 valence electrons. The number of carbonyl (C=O) groups is 1. The largest absolute Gasteiger partial charge is 0.481 e. The Morgan fingerprint density at radius 2 is 2.05 bits per heavy atom. The third kappa shape index (κ3) is 3.15. The predicted octanol–water partition coefficient (Wildman–Crippen LogP) is 2.16. The van der Waals surface area contributed by atoms with Gasteiger partial charge < -0.3 is 14.5 Å². The first kappa shape index (κ1) is 15.1. The van der Waals surface area contributed by atoms with Crippen molar-refractivity contribution in [2.45, 2.75) is 0 Å². The van der Waals surface area contributed by atoms with E-state index in [0.717, 1.165) is 0 Å². The van der Waals surface area contributed by atoms with E-state index in [1.54, 1.807) is 31.5 Å². The van der Waals surface area contributed by atoms with Gasteiger partial charge in [-0.2, -0.15) is 4.98 Å². The van der Waals surface area contributed by atoms with Crippen LogP contribution in [-0.2, 0) is 0 Å². The van der Waals surface area contributed by atoms with Crippen LogP contribution in [0.4, 0.5) is 5.95 Å². The maximum atomic E-state index is 12.4. The lowest BCUT2D eigenvalue weighted by atomic mass is 10.3. The van der Waals surface area contributed by atoms with Crippen molar-refractivity contribution in [3.8, 4) is 5.88 Å². The molecule has 1 fully saturated rings. The summed E-state index contributed by atoms with van der Waals surface area (Å²) in [6.07, 6.45) is 1.67. The second-order valence-electron chi connectivity index (χ2n) is 4.78. The van der Waals surface area contributed by atoms with Gasteiger partial charge in [-0.15, -0.1) is 11.3 Å². The van der Waals surface area contributed by atoms with E-state index >= 15 is 0 Å². The van der Waals surface area contributed by atoms with Crippen LogP contribution in [0.5, 0.6) is 5.88 Å². The topological polar surface area (TPSA) is 58.6 Å². The Kier molecular flexibility index (Phi) is 4.44. The van der Waals surface area contributed by atoms with Crippen molar-refractivity contribution in [3.05, 3.63) is 33.6 Å². The quantitative estimate of drug-likeness (QED) is 0.858. The van der Waals surface area contributed by atoms with E-state index in [-0.39, 0.29) is 5.91 Å². The number of ether oxygens (including phenoxy) is 1. The van der Waals surface area contributed by atoms with E-state index < -0.39 is 0 Å². The number of hydrogen-bond donors (Lipinski definition) is 0. The number of thiophene rings is 1. The highest BCUT2D eigenvalue weighted by atomic mass is 35.5. The summed E-state index contributed by atoms with van der Waals surface area (Å²) in [6.45, 7) is 2.65. The summed E-state index contributed by atoms with van der Waals surface area (Å²) in [4.78, 5) is 25.5. The molecule has 1 saturated heterocycles. The summed E-state index contributed by atoms with van der Waals surface area (Å²) in [5, 5.41) is 0. The summed E-state index contributed by atoms with van der Waals surface area (Å²) in [7, 11) is 1.58. The molecule has 0 N–H and O–H groups in total. The summed E-state index contributed by atoms with van der Waals surface area (Å²) >= 11 is 7.20. The van der Waals surface area contributed by atoms with Gasteiger partial charge in [0.05, 0.1) is 16.3 Å². The minimum atomic E-state index is 0.0307. The Morgan fingerprint density at radius 1 is 1.27 bits per heavy atom. The molecule has 0 radical (unpaired) electrons. The lowest BCUT2D eigenvalue weighted by Gasteiger charge is -2.34. The first-order chi connectivity index (χ1) is 10.7. The molecule has 0 unspecified atom stereocenters. The van der Waals surface area contributed by atoms with Crippen LogP contribution < -0.4 is 9.64 Å². The average Bonchev–Trinajstić information content (AvgIpc) is 3.01. The van der Waals surface area contributed by atoms with Gasteiger partial charge in [-0.05, 0) is 12.1 Å². The number of methoxy groups -OCH3 is 1. The number of amides is 1.